The Balaban J connectivity index is 3.90. The highest BCUT2D eigenvalue weighted by atomic mass is 31.2. The van der Waals surface area contributed by atoms with Crippen molar-refractivity contribution in [2.75, 3.05) is 12.7 Å². The first-order chi connectivity index (χ1) is 5.85. The molecule has 4 N–H and O–H groups in total. The molecule has 6 nitrogen and oxygen atoms in total. The second kappa shape index (κ2) is 5.34. The first-order valence-corrected chi connectivity index (χ1v) is 5.64. The van der Waals surface area contributed by atoms with Crippen LogP contribution in [0.3, 0.4) is 0 Å². The molecule has 0 saturated carbocycles. The molecule has 0 heterocycles. The van der Waals surface area contributed by atoms with Crippen LogP contribution in [0.5, 0.6) is 0 Å². The Morgan fingerprint density at radius 2 is 2.08 bits per heavy atom. The van der Waals surface area contributed by atoms with Gasteiger partial charge in [0.25, 0.3) is 0 Å². The molecule has 0 amide bonds. The lowest BCUT2D eigenvalue weighted by Gasteiger charge is -2.15. The number of rotatable bonds is 6. The van der Waals surface area contributed by atoms with Crippen LogP contribution >= 0.6 is 7.60 Å². The van der Waals surface area contributed by atoms with Gasteiger partial charge in [0.1, 0.15) is 0 Å². The molecule has 13 heavy (non-hydrogen) atoms. The molecular formula is C6H14NO5P. The van der Waals surface area contributed by atoms with E-state index in [4.69, 9.17) is 14.9 Å². The molecule has 0 rings (SSSR count). The van der Waals surface area contributed by atoms with Gasteiger partial charge in [-0.1, -0.05) is 6.92 Å². The summed E-state index contributed by atoms with van der Waals surface area (Å²) < 4.78 is 10.6. The molecular weight excluding hydrogens is 197 g/mol. The van der Waals surface area contributed by atoms with Gasteiger partial charge in [0.05, 0.1) is 12.7 Å². The summed E-state index contributed by atoms with van der Waals surface area (Å²) in [5.74, 6) is -1.04. The lowest BCUT2D eigenvalue weighted by Crippen LogP contribution is -2.35. The Bertz CT molecular complexity index is 213. The predicted molar refractivity (Wildman–Crippen MR) is 46.6 cm³/mol. The molecule has 0 fully saturated rings. The van der Waals surface area contributed by atoms with Crippen LogP contribution < -0.4 is 5.32 Å². The van der Waals surface area contributed by atoms with Crippen molar-refractivity contribution < 1.29 is 24.3 Å². The molecule has 1 atom stereocenters. The zero-order chi connectivity index (χ0) is 10.5. The smallest absolute Gasteiger partial charge is 0.327 e. The molecule has 0 aliphatic carbocycles. The monoisotopic (exact) mass is 211 g/mol. The van der Waals surface area contributed by atoms with Crippen LogP contribution in [0.2, 0.25) is 0 Å². The molecule has 0 aliphatic heterocycles. The molecule has 0 aromatic carbocycles. The summed E-state index contributed by atoms with van der Waals surface area (Å²) in [5, 5.41) is 10.8. The first kappa shape index (κ1) is 12.6. The maximum atomic E-state index is 10.6. The quantitative estimate of drug-likeness (QED) is 0.446. The molecule has 0 aromatic rings. The summed E-state index contributed by atoms with van der Waals surface area (Å²) in [5.41, 5.74) is 0. The first-order valence-electron chi connectivity index (χ1n) is 3.85. The second-order valence-corrected chi connectivity index (χ2v) is 4.42. The van der Waals surface area contributed by atoms with Crippen LogP contribution in [0.25, 0.3) is 0 Å². The summed E-state index contributed by atoms with van der Waals surface area (Å²) in [4.78, 5) is 27.3. The van der Waals surface area contributed by atoms with Crippen LogP contribution in [0.15, 0.2) is 0 Å². The number of carboxylic acid groups (broad SMARTS) is 1. The van der Waals surface area contributed by atoms with Crippen molar-refractivity contribution in [3.8, 4) is 0 Å². The van der Waals surface area contributed by atoms with Crippen LogP contribution in [-0.4, -0.2) is 39.6 Å². The molecule has 0 saturated heterocycles. The number of aliphatic carboxylic acids is 1. The number of hydrogen-bond acceptors (Lipinski definition) is 3. The van der Waals surface area contributed by atoms with Gasteiger partial charge in [-0.25, -0.2) is 0 Å². The molecule has 0 aliphatic rings. The number of nitrogens with one attached hydrogen (secondary N) is 1. The van der Waals surface area contributed by atoms with E-state index in [1.807, 2.05) is 0 Å². The highest BCUT2D eigenvalue weighted by Crippen LogP contribution is 2.35. The van der Waals surface area contributed by atoms with Crippen molar-refractivity contribution in [2.24, 2.45) is 0 Å². The molecule has 0 bridgehead atoms. The van der Waals surface area contributed by atoms with E-state index in [9.17, 15) is 9.36 Å². The van der Waals surface area contributed by atoms with Gasteiger partial charge in [-0.05, 0) is 6.42 Å². The Labute approximate surface area is 76.1 Å². The van der Waals surface area contributed by atoms with Gasteiger partial charge < -0.3 is 20.2 Å². The molecule has 0 aromatic heterocycles. The van der Waals surface area contributed by atoms with E-state index >= 15 is 0 Å². The second-order valence-electron chi connectivity index (χ2n) is 2.73. The lowest BCUT2D eigenvalue weighted by molar-refractivity contribution is -0.136. The fourth-order valence-corrected chi connectivity index (χ4v) is 1.82. The van der Waals surface area contributed by atoms with Crippen molar-refractivity contribution in [1.82, 2.24) is 5.32 Å². The Hall–Kier alpha value is -0.420. The minimum atomic E-state index is -4.05. The molecule has 1 unspecified atom stereocenters. The average molecular weight is 211 g/mol. The van der Waals surface area contributed by atoms with E-state index in [0.29, 0.717) is 6.42 Å². The predicted octanol–water partition coefficient (Wildman–Crippen LogP) is -0.383. The third-order valence-corrected chi connectivity index (χ3v) is 2.41. The van der Waals surface area contributed by atoms with Gasteiger partial charge in [-0.15, -0.1) is 0 Å². The van der Waals surface area contributed by atoms with Crippen molar-refractivity contribution in [1.29, 1.82) is 0 Å². The Morgan fingerprint density at radius 3 is 2.38 bits per heavy atom. The summed E-state index contributed by atoms with van der Waals surface area (Å²) in [7, 11) is -4.05. The van der Waals surface area contributed by atoms with Crippen LogP contribution in [0.4, 0.5) is 0 Å². The van der Waals surface area contributed by atoms with Crippen LogP contribution in [0, 0.1) is 0 Å². The van der Waals surface area contributed by atoms with Crippen molar-refractivity contribution in [3.63, 3.8) is 0 Å². The Morgan fingerprint density at radius 1 is 1.54 bits per heavy atom. The van der Waals surface area contributed by atoms with Gasteiger partial charge in [-0.2, -0.15) is 0 Å². The fourth-order valence-electron chi connectivity index (χ4n) is 0.857. The highest BCUT2D eigenvalue weighted by molar-refractivity contribution is 7.51. The van der Waals surface area contributed by atoms with Gasteiger partial charge in [0, 0.05) is 6.04 Å². The van der Waals surface area contributed by atoms with Crippen LogP contribution in [-0.2, 0) is 9.36 Å². The van der Waals surface area contributed by atoms with Crippen molar-refractivity contribution in [3.05, 3.63) is 0 Å². The van der Waals surface area contributed by atoms with Gasteiger partial charge in [0.2, 0.25) is 0 Å². The fraction of sp³-hybridized carbons (Fsp3) is 0.833. The topological polar surface area (TPSA) is 107 Å². The molecule has 0 radical (unpaired) electrons. The summed E-state index contributed by atoms with van der Waals surface area (Å²) in [6.07, 6.45) is 0.162. The minimum absolute atomic E-state index is 0.279. The zero-order valence-corrected chi connectivity index (χ0v) is 8.20. The Kier molecular flexibility index (Phi) is 5.17. The van der Waals surface area contributed by atoms with Gasteiger partial charge in [-0.3, -0.25) is 9.36 Å². The average Bonchev–Trinajstić information content (AvgIpc) is 1.95. The SMILES string of the molecule is CCC(CP(=O)(O)O)NCC(=O)O. The third kappa shape index (κ3) is 7.93. The number of hydrogen-bond donors (Lipinski definition) is 4. The zero-order valence-electron chi connectivity index (χ0n) is 7.30. The maximum Gasteiger partial charge on any atom is 0.327 e. The largest absolute Gasteiger partial charge is 0.480 e. The minimum Gasteiger partial charge on any atom is -0.480 e. The highest BCUT2D eigenvalue weighted by Gasteiger charge is 2.20. The normalized spacial score (nSPS) is 14.1. The maximum absolute atomic E-state index is 10.6. The van der Waals surface area contributed by atoms with Crippen molar-refractivity contribution in [2.45, 2.75) is 19.4 Å². The van der Waals surface area contributed by atoms with E-state index in [-0.39, 0.29) is 12.7 Å². The lowest BCUT2D eigenvalue weighted by atomic mass is 10.2. The standard InChI is InChI=1S/C6H14NO5P/c1-2-5(4-13(10,11)12)7-3-6(8)9/h5,7H,2-4H2,1H3,(H,8,9)(H2,10,11,12). The van der Waals surface area contributed by atoms with E-state index in [1.54, 1.807) is 6.92 Å². The number of carboxylic acids is 1. The van der Waals surface area contributed by atoms with Gasteiger partial charge >= 0.3 is 13.6 Å². The van der Waals surface area contributed by atoms with Gasteiger partial charge in [0.15, 0.2) is 0 Å². The summed E-state index contributed by atoms with van der Waals surface area (Å²) >= 11 is 0. The third-order valence-electron chi connectivity index (χ3n) is 1.49. The molecule has 78 valence electrons. The van der Waals surface area contributed by atoms with Crippen LogP contribution in [0.1, 0.15) is 13.3 Å². The number of carbonyl (C=O) groups is 1. The van der Waals surface area contributed by atoms with E-state index in [2.05, 4.69) is 5.32 Å². The van der Waals surface area contributed by atoms with E-state index in [0.717, 1.165) is 0 Å². The summed E-state index contributed by atoms with van der Waals surface area (Å²) in [6.45, 7) is 1.45. The summed E-state index contributed by atoms with van der Waals surface area (Å²) in [6, 6.07) is -0.447. The van der Waals surface area contributed by atoms with E-state index < -0.39 is 19.6 Å². The van der Waals surface area contributed by atoms with E-state index in [1.165, 1.54) is 0 Å². The molecule has 7 heteroatoms. The molecule has 0 spiro atoms. The van der Waals surface area contributed by atoms with Crippen molar-refractivity contribution >= 4 is 13.6 Å².